The molecule has 120 valence electrons. The van der Waals surface area contributed by atoms with E-state index in [-0.39, 0.29) is 5.78 Å². The van der Waals surface area contributed by atoms with Crippen molar-refractivity contribution in [1.29, 1.82) is 0 Å². The van der Waals surface area contributed by atoms with Crippen molar-refractivity contribution >= 4 is 17.9 Å². The second-order valence-electron chi connectivity index (χ2n) is 5.67. The second kappa shape index (κ2) is 9.26. The van der Waals surface area contributed by atoms with E-state index in [9.17, 15) is 4.79 Å². The van der Waals surface area contributed by atoms with Crippen LogP contribution >= 0.6 is 0 Å². The third kappa shape index (κ3) is 6.45. The lowest BCUT2D eigenvalue weighted by Crippen LogP contribution is -1.85. The highest BCUT2D eigenvalue weighted by Gasteiger charge is 1.92. The molecule has 0 unspecified atom stereocenters. The Balaban J connectivity index is 1.95. The normalized spacial score (nSPS) is 12.9. The molecule has 1 heteroatoms. The van der Waals surface area contributed by atoms with Crippen LogP contribution in [0.25, 0.3) is 12.2 Å². The van der Waals surface area contributed by atoms with Gasteiger partial charge in [0.25, 0.3) is 0 Å². The summed E-state index contributed by atoms with van der Waals surface area (Å²) in [6.45, 7) is 3.97. The summed E-state index contributed by atoms with van der Waals surface area (Å²) >= 11 is 0. The monoisotopic (exact) mass is 314 g/mol. The molecule has 0 aliphatic rings. The fourth-order valence-corrected chi connectivity index (χ4v) is 2.20. The van der Waals surface area contributed by atoms with E-state index < -0.39 is 0 Å². The summed E-state index contributed by atoms with van der Waals surface area (Å²) in [5.41, 5.74) is 4.34. The van der Waals surface area contributed by atoms with E-state index in [2.05, 4.69) is 0 Å². The Morgan fingerprint density at radius 1 is 0.625 bits per heavy atom. The fraction of sp³-hybridized carbons (Fsp3) is 0.0870. The van der Waals surface area contributed by atoms with E-state index in [1.165, 1.54) is 0 Å². The number of hydrogen-bond acceptors (Lipinski definition) is 1. The van der Waals surface area contributed by atoms with Gasteiger partial charge in [-0.05, 0) is 37.1 Å². The summed E-state index contributed by atoms with van der Waals surface area (Å²) in [5.74, 6) is -0.0170. The number of allylic oxidation sites excluding steroid dienone is 6. The first-order chi connectivity index (χ1) is 11.6. The van der Waals surface area contributed by atoms with E-state index in [1.54, 1.807) is 12.2 Å². The van der Waals surface area contributed by atoms with Gasteiger partial charge in [0.05, 0.1) is 0 Å². The van der Waals surface area contributed by atoms with Crippen LogP contribution in [0.4, 0.5) is 0 Å². The molecular weight excluding hydrogens is 292 g/mol. The molecule has 2 aromatic rings. The van der Waals surface area contributed by atoms with E-state index in [4.69, 9.17) is 0 Å². The van der Waals surface area contributed by atoms with Gasteiger partial charge in [-0.15, -0.1) is 0 Å². The minimum Gasteiger partial charge on any atom is -0.290 e. The molecule has 0 atom stereocenters. The van der Waals surface area contributed by atoms with Crippen LogP contribution in [-0.4, -0.2) is 5.78 Å². The molecule has 0 spiro atoms. The lowest BCUT2D eigenvalue weighted by atomic mass is 10.1. The summed E-state index contributed by atoms with van der Waals surface area (Å²) in [5, 5.41) is 0. The van der Waals surface area contributed by atoms with Crippen molar-refractivity contribution < 1.29 is 4.79 Å². The minimum absolute atomic E-state index is 0.0170. The van der Waals surface area contributed by atoms with Crippen LogP contribution in [0.15, 0.2) is 96.1 Å². The lowest BCUT2D eigenvalue weighted by Gasteiger charge is -1.95. The first kappa shape index (κ1) is 17.4. The standard InChI is InChI=1S/C23H22O/c1-19(17-21-9-5-3-6-10-21)13-15-23(24)16-14-20(2)18-22-11-7-4-8-12-22/h3-18H,1-2H3. The van der Waals surface area contributed by atoms with Gasteiger partial charge in [0.2, 0.25) is 0 Å². The summed E-state index contributed by atoms with van der Waals surface area (Å²) < 4.78 is 0. The summed E-state index contributed by atoms with van der Waals surface area (Å²) in [7, 11) is 0. The van der Waals surface area contributed by atoms with Gasteiger partial charge in [0.1, 0.15) is 0 Å². The maximum atomic E-state index is 11.9. The van der Waals surface area contributed by atoms with Gasteiger partial charge in [-0.1, -0.05) is 96.1 Å². The zero-order chi connectivity index (χ0) is 17.2. The molecule has 2 aromatic carbocycles. The highest BCUT2D eigenvalue weighted by molar-refractivity contribution is 6.00. The molecule has 0 aliphatic heterocycles. The van der Waals surface area contributed by atoms with Crippen molar-refractivity contribution in [3.8, 4) is 0 Å². The van der Waals surface area contributed by atoms with E-state index in [0.717, 1.165) is 22.3 Å². The van der Waals surface area contributed by atoms with Crippen LogP contribution in [0.3, 0.4) is 0 Å². The van der Waals surface area contributed by atoms with Crippen molar-refractivity contribution in [3.63, 3.8) is 0 Å². The van der Waals surface area contributed by atoms with Crippen LogP contribution in [0.1, 0.15) is 25.0 Å². The average molecular weight is 314 g/mol. The molecule has 0 heterocycles. The number of ketones is 1. The van der Waals surface area contributed by atoms with Gasteiger partial charge < -0.3 is 0 Å². The number of hydrogen-bond donors (Lipinski definition) is 0. The van der Waals surface area contributed by atoms with E-state index in [1.807, 2.05) is 98.8 Å². The van der Waals surface area contributed by atoms with Crippen molar-refractivity contribution in [2.45, 2.75) is 13.8 Å². The molecule has 0 bridgehead atoms. The third-order valence-electron chi connectivity index (χ3n) is 3.41. The maximum Gasteiger partial charge on any atom is 0.178 e. The zero-order valence-electron chi connectivity index (χ0n) is 14.1. The Bertz CT molecular complexity index is 708. The Labute approximate surface area is 144 Å². The van der Waals surface area contributed by atoms with Crippen molar-refractivity contribution in [2.75, 3.05) is 0 Å². The molecule has 2 rings (SSSR count). The molecular formula is C23H22O. The number of carbonyl (C=O) groups is 1. The Morgan fingerprint density at radius 2 is 1.00 bits per heavy atom. The molecule has 0 saturated heterocycles. The molecule has 0 aromatic heterocycles. The first-order valence-electron chi connectivity index (χ1n) is 8.00. The number of benzene rings is 2. The maximum absolute atomic E-state index is 11.9. The largest absolute Gasteiger partial charge is 0.290 e. The van der Waals surface area contributed by atoms with Crippen molar-refractivity contribution in [1.82, 2.24) is 0 Å². The van der Waals surface area contributed by atoms with Gasteiger partial charge in [-0.2, -0.15) is 0 Å². The van der Waals surface area contributed by atoms with Gasteiger partial charge in [0, 0.05) is 0 Å². The molecule has 24 heavy (non-hydrogen) atoms. The molecule has 0 aliphatic carbocycles. The third-order valence-corrected chi connectivity index (χ3v) is 3.41. The van der Waals surface area contributed by atoms with Gasteiger partial charge in [-0.3, -0.25) is 4.79 Å². The van der Waals surface area contributed by atoms with Gasteiger partial charge >= 0.3 is 0 Å². The summed E-state index contributed by atoms with van der Waals surface area (Å²) in [6, 6.07) is 20.1. The highest BCUT2D eigenvalue weighted by atomic mass is 16.1. The quantitative estimate of drug-likeness (QED) is 0.481. The average Bonchev–Trinajstić information content (AvgIpc) is 2.60. The summed E-state index contributed by atoms with van der Waals surface area (Å²) in [4.78, 5) is 11.9. The van der Waals surface area contributed by atoms with E-state index >= 15 is 0 Å². The van der Waals surface area contributed by atoms with Crippen LogP contribution in [-0.2, 0) is 4.79 Å². The molecule has 0 saturated carbocycles. The Kier molecular flexibility index (Phi) is 6.73. The van der Waals surface area contributed by atoms with Crippen molar-refractivity contribution in [3.05, 3.63) is 107 Å². The smallest absolute Gasteiger partial charge is 0.178 e. The zero-order valence-corrected chi connectivity index (χ0v) is 14.1. The predicted octanol–water partition coefficient (Wildman–Crippen LogP) is 5.87. The molecule has 0 N–H and O–H groups in total. The van der Waals surface area contributed by atoms with Crippen molar-refractivity contribution in [2.24, 2.45) is 0 Å². The second-order valence-corrected chi connectivity index (χ2v) is 5.67. The Morgan fingerprint density at radius 3 is 1.38 bits per heavy atom. The van der Waals surface area contributed by atoms with Gasteiger partial charge in [0.15, 0.2) is 5.78 Å². The number of rotatable bonds is 6. The van der Waals surface area contributed by atoms with Crippen LogP contribution in [0.5, 0.6) is 0 Å². The lowest BCUT2D eigenvalue weighted by molar-refractivity contribution is -0.110. The molecule has 0 fully saturated rings. The molecule has 0 amide bonds. The van der Waals surface area contributed by atoms with Crippen LogP contribution in [0.2, 0.25) is 0 Å². The fourth-order valence-electron chi connectivity index (χ4n) is 2.20. The Hall–Kier alpha value is -2.93. The van der Waals surface area contributed by atoms with Crippen LogP contribution in [0, 0.1) is 0 Å². The predicted molar refractivity (Wildman–Crippen MR) is 103 cm³/mol. The van der Waals surface area contributed by atoms with Crippen LogP contribution < -0.4 is 0 Å². The first-order valence-corrected chi connectivity index (χ1v) is 8.00. The molecule has 0 radical (unpaired) electrons. The number of carbonyl (C=O) groups excluding carboxylic acids is 1. The topological polar surface area (TPSA) is 17.1 Å². The molecule has 1 nitrogen and oxygen atoms in total. The minimum atomic E-state index is -0.0170. The SMILES string of the molecule is CC(C=CC(=O)C=CC(C)=Cc1ccccc1)=Cc1ccccc1. The highest BCUT2D eigenvalue weighted by Crippen LogP contribution is 2.08. The summed E-state index contributed by atoms with van der Waals surface area (Å²) in [6.07, 6.45) is 11.0. The van der Waals surface area contributed by atoms with Gasteiger partial charge in [-0.25, -0.2) is 0 Å². The van der Waals surface area contributed by atoms with E-state index in [0.29, 0.717) is 0 Å².